The number of aliphatic imine (C=N–C) groups is 1. The van der Waals surface area contributed by atoms with Crippen molar-refractivity contribution in [1.29, 1.82) is 0 Å². The van der Waals surface area contributed by atoms with Gasteiger partial charge in [0.2, 0.25) is 0 Å². The second-order valence-electron chi connectivity index (χ2n) is 5.35. The van der Waals surface area contributed by atoms with Gasteiger partial charge in [-0.3, -0.25) is 9.69 Å². The van der Waals surface area contributed by atoms with Crippen LogP contribution in [0.15, 0.2) is 52.4 Å². The van der Waals surface area contributed by atoms with Gasteiger partial charge in [-0.05, 0) is 48.5 Å². The lowest BCUT2D eigenvalue weighted by Gasteiger charge is -2.07. The van der Waals surface area contributed by atoms with E-state index in [1.807, 2.05) is 37.3 Å². The fraction of sp³-hybridized carbons (Fsp3) is 0.111. The first-order chi connectivity index (χ1) is 11.5. The fourth-order valence-corrected chi connectivity index (χ4v) is 3.49. The molecule has 0 spiro atoms. The Kier molecular flexibility index (Phi) is 4.99. The molecule has 0 saturated carbocycles. The van der Waals surface area contributed by atoms with Crippen molar-refractivity contribution in [2.45, 2.75) is 6.92 Å². The van der Waals surface area contributed by atoms with Gasteiger partial charge in [0.1, 0.15) is 0 Å². The number of hydrogen-bond donors (Lipinski definition) is 0. The van der Waals surface area contributed by atoms with Gasteiger partial charge >= 0.3 is 0 Å². The monoisotopic (exact) mass is 376 g/mol. The Balaban J connectivity index is 1.92. The topological polar surface area (TPSA) is 32.7 Å². The molecule has 1 saturated heterocycles. The van der Waals surface area contributed by atoms with Crippen molar-refractivity contribution < 1.29 is 4.79 Å². The maximum atomic E-state index is 12.4. The molecule has 1 amide bonds. The zero-order chi connectivity index (χ0) is 17.3. The highest BCUT2D eigenvalue weighted by Crippen LogP contribution is 2.35. The molecule has 0 unspecified atom stereocenters. The van der Waals surface area contributed by atoms with Crippen molar-refractivity contribution in [2.75, 3.05) is 7.05 Å². The highest BCUT2D eigenvalue weighted by atomic mass is 35.5. The van der Waals surface area contributed by atoms with Gasteiger partial charge in [0.25, 0.3) is 5.91 Å². The second-order valence-corrected chi connectivity index (χ2v) is 7.14. The molecule has 1 aliphatic heterocycles. The summed E-state index contributed by atoms with van der Waals surface area (Å²) in [4.78, 5) is 19.1. The lowest BCUT2D eigenvalue weighted by Crippen LogP contribution is -2.23. The van der Waals surface area contributed by atoms with Crippen LogP contribution in [0, 0.1) is 6.92 Å². The summed E-state index contributed by atoms with van der Waals surface area (Å²) in [5.41, 5.74) is 2.69. The largest absolute Gasteiger partial charge is 0.290 e. The van der Waals surface area contributed by atoms with E-state index >= 15 is 0 Å². The summed E-state index contributed by atoms with van der Waals surface area (Å²) in [6.45, 7) is 2.02. The first-order valence-electron chi connectivity index (χ1n) is 7.22. The molecule has 0 atom stereocenters. The Bertz CT molecular complexity index is 860. The van der Waals surface area contributed by atoms with Gasteiger partial charge in [-0.1, -0.05) is 53.0 Å². The number of carbonyl (C=O) groups is 1. The molecule has 0 bridgehead atoms. The van der Waals surface area contributed by atoms with Gasteiger partial charge in [0.15, 0.2) is 5.17 Å². The average Bonchev–Trinajstić information content (AvgIpc) is 2.82. The number of halogens is 2. The van der Waals surface area contributed by atoms with E-state index in [0.717, 1.165) is 5.69 Å². The number of carbonyl (C=O) groups excluding carboxylic acids is 1. The van der Waals surface area contributed by atoms with Crippen LogP contribution in [0.2, 0.25) is 10.0 Å². The summed E-state index contributed by atoms with van der Waals surface area (Å²) in [6, 6.07) is 13.2. The Labute approximate surface area is 155 Å². The van der Waals surface area contributed by atoms with Gasteiger partial charge in [0, 0.05) is 7.05 Å². The molecule has 24 heavy (non-hydrogen) atoms. The second kappa shape index (κ2) is 7.01. The van der Waals surface area contributed by atoms with Crippen LogP contribution in [0.1, 0.15) is 11.1 Å². The van der Waals surface area contributed by atoms with Crippen molar-refractivity contribution in [3.63, 3.8) is 0 Å². The van der Waals surface area contributed by atoms with Crippen LogP contribution >= 0.6 is 35.0 Å². The van der Waals surface area contributed by atoms with E-state index in [9.17, 15) is 4.79 Å². The van der Waals surface area contributed by atoms with Crippen LogP contribution in [0.5, 0.6) is 0 Å². The fourth-order valence-electron chi connectivity index (χ4n) is 2.15. The minimum atomic E-state index is -0.109. The minimum Gasteiger partial charge on any atom is -0.290 e. The molecule has 0 N–H and O–H groups in total. The molecule has 2 aromatic carbocycles. The third-order valence-electron chi connectivity index (χ3n) is 3.53. The molecule has 1 heterocycles. The van der Waals surface area contributed by atoms with Gasteiger partial charge in [-0.25, -0.2) is 4.99 Å². The quantitative estimate of drug-likeness (QED) is 0.644. The average molecular weight is 377 g/mol. The van der Waals surface area contributed by atoms with Crippen LogP contribution in [0.3, 0.4) is 0 Å². The third kappa shape index (κ3) is 3.51. The molecule has 122 valence electrons. The predicted octanol–water partition coefficient (Wildman–Crippen LogP) is 5.54. The van der Waals surface area contributed by atoms with Crippen molar-refractivity contribution in [2.24, 2.45) is 4.99 Å². The summed E-state index contributed by atoms with van der Waals surface area (Å²) in [6.07, 6.45) is 1.75. The first-order valence-corrected chi connectivity index (χ1v) is 8.80. The molecule has 0 radical (unpaired) electrons. The van der Waals surface area contributed by atoms with Crippen molar-refractivity contribution >= 4 is 57.8 Å². The summed E-state index contributed by atoms with van der Waals surface area (Å²) >= 11 is 13.5. The molecule has 3 rings (SSSR count). The van der Waals surface area contributed by atoms with E-state index in [0.29, 0.717) is 25.7 Å². The number of hydrogen-bond acceptors (Lipinski definition) is 3. The van der Waals surface area contributed by atoms with E-state index in [2.05, 4.69) is 4.99 Å². The number of nitrogens with zero attached hydrogens (tertiary/aromatic N) is 2. The molecule has 1 fully saturated rings. The Morgan fingerprint density at radius 2 is 1.83 bits per heavy atom. The van der Waals surface area contributed by atoms with Gasteiger partial charge in [-0.15, -0.1) is 0 Å². The summed E-state index contributed by atoms with van der Waals surface area (Å²) < 4.78 is 0. The minimum absolute atomic E-state index is 0.109. The predicted molar refractivity (Wildman–Crippen MR) is 103 cm³/mol. The maximum Gasteiger partial charge on any atom is 0.266 e. The van der Waals surface area contributed by atoms with Gasteiger partial charge < -0.3 is 0 Å². The van der Waals surface area contributed by atoms with E-state index in [1.165, 1.54) is 22.2 Å². The lowest BCUT2D eigenvalue weighted by atomic mass is 10.2. The molecule has 3 nitrogen and oxygen atoms in total. The molecule has 2 aromatic rings. The van der Waals surface area contributed by atoms with Crippen molar-refractivity contribution in [1.82, 2.24) is 4.90 Å². The summed E-state index contributed by atoms with van der Waals surface area (Å²) in [5.74, 6) is -0.109. The summed E-state index contributed by atoms with van der Waals surface area (Å²) in [7, 11) is 1.71. The van der Waals surface area contributed by atoms with Crippen LogP contribution in [0.4, 0.5) is 5.69 Å². The molecule has 1 aliphatic rings. The zero-order valence-corrected chi connectivity index (χ0v) is 15.4. The number of benzene rings is 2. The highest BCUT2D eigenvalue weighted by Gasteiger charge is 2.30. The molecule has 0 aromatic heterocycles. The Morgan fingerprint density at radius 3 is 2.54 bits per heavy atom. The summed E-state index contributed by atoms with van der Waals surface area (Å²) in [5, 5.41) is 1.53. The number of amidine groups is 1. The van der Waals surface area contributed by atoms with E-state index in [4.69, 9.17) is 23.2 Å². The third-order valence-corrected chi connectivity index (χ3v) is 5.42. The van der Waals surface area contributed by atoms with Crippen LogP contribution in [-0.4, -0.2) is 23.0 Å². The number of aryl methyl sites for hydroxylation is 1. The number of thioether (sulfide) groups is 1. The van der Waals surface area contributed by atoms with Crippen LogP contribution in [-0.2, 0) is 4.79 Å². The maximum absolute atomic E-state index is 12.4. The van der Waals surface area contributed by atoms with Crippen LogP contribution in [0.25, 0.3) is 6.08 Å². The number of rotatable bonds is 2. The number of likely N-dealkylation sites (N-methyl/N-ethyl adjacent to an activating group) is 1. The van der Waals surface area contributed by atoms with E-state index in [1.54, 1.807) is 25.3 Å². The van der Waals surface area contributed by atoms with Gasteiger partial charge in [-0.2, -0.15) is 0 Å². The molecule has 6 heteroatoms. The standard InChI is InChI=1S/C18H14Cl2N2OS/c1-11-6-8-13(9-7-11)21-18-22(2)17(23)15(24-18)10-12-4-3-5-14(19)16(12)20/h3-10H,1-2H3/b15-10+,21-18?. The van der Waals surface area contributed by atoms with Crippen LogP contribution < -0.4 is 0 Å². The number of amides is 1. The van der Waals surface area contributed by atoms with Crippen molar-refractivity contribution in [3.05, 3.63) is 68.5 Å². The molecular formula is C18H14Cl2N2OS. The highest BCUT2D eigenvalue weighted by molar-refractivity contribution is 8.18. The Hall–Kier alpha value is -1.75. The smallest absolute Gasteiger partial charge is 0.266 e. The van der Waals surface area contributed by atoms with E-state index < -0.39 is 0 Å². The zero-order valence-electron chi connectivity index (χ0n) is 13.1. The normalized spacial score (nSPS) is 18.0. The van der Waals surface area contributed by atoms with Gasteiger partial charge in [0.05, 0.1) is 20.6 Å². The SMILES string of the molecule is Cc1ccc(N=C2S/C(=C/c3cccc(Cl)c3Cl)C(=O)N2C)cc1. The molecular weight excluding hydrogens is 363 g/mol. The first kappa shape index (κ1) is 17.1. The van der Waals surface area contributed by atoms with Crippen molar-refractivity contribution in [3.8, 4) is 0 Å². The lowest BCUT2D eigenvalue weighted by molar-refractivity contribution is -0.121. The molecule has 0 aliphatic carbocycles. The Morgan fingerprint density at radius 1 is 1.12 bits per heavy atom. The van der Waals surface area contributed by atoms with E-state index in [-0.39, 0.29) is 5.91 Å².